The second kappa shape index (κ2) is 14.7. The van der Waals surface area contributed by atoms with Crippen LogP contribution in [0.4, 0.5) is 0 Å². The summed E-state index contributed by atoms with van der Waals surface area (Å²) in [5.41, 5.74) is 7.72. The fourth-order valence-corrected chi connectivity index (χ4v) is 4.36. The van der Waals surface area contributed by atoms with Crippen LogP contribution in [0, 0.1) is 27.7 Å². The van der Waals surface area contributed by atoms with Gasteiger partial charge in [-0.1, -0.05) is 42.5 Å². The van der Waals surface area contributed by atoms with Gasteiger partial charge in [0.05, 0.1) is 28.4 Å². The van der Waals surface area contributed by atoms with Gasteiger partial charge >= 0.3 is 0 Å². The molecule has 224 valence electrons. The number of phenols is 1. The number of ether oxygens (including phenoxy) is 4. The van der Waals surface area contributed by atoms with Crippen LogP contribution in [-0.4, -0.2) is 45.1 Å². The molecule has 1 N–H and O–H groups in total. The van der Waals surface area contributed by atoms with Gasteiger partial charge in [-0.25, -0.2) is 0 Å². The zero-order valence-electron chi connectivity index (χ0n) is 25.9. The number of hydrogen-bond acceptors (Lipinski definition) is 7. The second-order valence-electron chi connectivity index (χ2n) is 9.97. The highest BCUT2D eigenvalue weighted by Crippen LogP contribution is 2.28. The lowest BCUT2D eigenvalue weighted by atomic mass is 10.00. The first kappa shape index (κ1) is 32.5. The molecule has 0 saturated carbocycles. The van der Waals surface area contributed by atoms with Gasteiger partial charge in [-0.15, -0.1) is 0 Å². The summed E-state index contributed by atoms with van der Waals surface area (Å²) in [6.07, 6.45) is 9.86. The standard InChI is InChI=1S/C18H18O4.C18H20O3/c1-11-7-13(8-17(21-3)12(11)2)5-6-14-9-16(20)18(22-4)10-15(14)19;1-12-9-15(11-18(21-4)13(12)2)6-5-14-7-8-17(20-3)16(19)10-14/h5-10H,1-4H3;5-11,19H,1-4H3/b2*6-5-. The lowest BCUT2D eigenvalue weighted by Gasteiger charge is -2.10. The van der Waals surface area contributed by atoms with Crippen molar-refractivity contribution < 1.29 is 33.6 Å². The van der Waals surface area contributed by atoms with Crippen molar-refractivity contribution in [2.45, 2.75) is 27.7 Å². The van der Waals surface area contributed by atoms with E-state index in [4.69, 9.17) is 18.9 Å². The Morgan fingerprint density at radius 3 is 1.56 bits per heavy atom. The van der Waals surface area contributed by atoms with Crippen LogP contribution in [0.2, 0.25) is 0 Å². The first-order chi connectivity index (χ1) is 20.5. The molecule has 1 aliphatic carbocycles. The minimum atomic E-state index is -0.306. The van der Waals surface area contributed by atoms with Crippen molar-refractivity contribution in [1.29, 1.82) is 0 Å². The number of hydrogen-bond donors (Lipinski definition) is 1. The molecule has 0 saturated heterocycles. The molecule has 3 aromatic rings. The van der Waals surface area contributed by atoms with Crippen molar-refractivity contribution in [2.24, 2.45) is 0 Å². The lowest BCUT2D eigenvalue weighted by molar-refractivity contribution is -0.117. The Hall–Kier alpha value is -5.04. The number of aryl methyl sites for hydroxylation is 2. The van der Waals surface area contributed by atoms with Crippen molar-refractivity contribution in [3.8, 4) is 23.0 Å². The fourth-order valence-electron chi connectivity index (χ4n) is 4.36. The third kappa shape index (κ3) is 8.26. The average molecular weight is 583 g/mol. The van der Waals surface area contributed by atoms with Crippen molar-refractivity contribution >= 4 is 29.8 Å². The molecule has 0 amide bonds. The third-order valence-corrected chi connectivity index (χ3v) is 7.15. The molecule has 0 aliphatic heterocycles. The maximum absolute atomic E-state index is 11.9. The number of methoxy groups -OCH3 is 4. The first-order valence-electron chi connectivity index (χ1n) is 13.6. The average Bonchev–Trinajstić information content (AvgIpc) is 2.99. The Kier molecular flexibility index (Phi) is 11.1. The summed E-state index contributed by atoms with van der Waals surface area (Å²) in [4.78, 5) is 23.6. The third-order valence-electron chi connectivity index (χ3n) is 7.15. The number of phenolic OH excluding ortho intramolecular Hbond substituents is 1. The van der Waals surface area contributed by atoms with Crippen LogP contribution in [0.3, 0.4) is 0 Å². The van der Waals surface area contributed by atoms with Crippen molar-refractivity contribution in [2.75, 3.05) is 28.4 Å². The highest BCUT2D eigenvalue weighted by molar-refractivity contribution is 6.20. The SMILES string of the molecule is COC1=CC(=O)C(/C=C\c2cc(C)c(C)c(OC)c2)=CC1=O.COc1ccc(/C=C\c2cc(C)c(C)c(OC)c2)cc1O. The fraction of sp³-hybridized carbons (Fsp3) is 0.222. The van der Waals surface area contributed by atoms with E-state index in [1.807, 2.05) is 57.2 Å². The van der Waals surface area contributed by atoms with Crippen LogP contribution in [0.1, 0.15) is 38.9 Å². The zero-order valence-corrected chi connectivity index (χ0v) is 25.9. The van der Waals surface area contributed by atoms with Gasteiger partial charge in [0.15, 0.2) is 23.0 Å². The summed E-state index contributed by atoms with van der Waals surface area (Å²) in [5, 5.41) is 9.77. The molecule has 0 bridgehead atoms. The highest BCUT2D eigenvalue weighted by Gasteiger charge is 2.19. The quantitative estimate of drug-likeness (QED) is 0.223. The van der Waals surface area contributed by atoms with Gasteiger partial charge in [0.25, 0.3) is 0 Å². The number of benzene rings is 3. The molecule has 0 heterocycles. The Labute approximate surface area is 253 Å². The molecule has 43 heavy (non-hydrogen) atoms. The topological polar surface area (TPSA) is 91.3 Å². The Bertz CT molecular complexity index is 1640. The molecule has 0 atom stereocenters. The normalized spacial score (nSPS) is 12.9. The second-order valence-corrected chi connectivity index (χ2v) is 9.97. The van der Waals surface area contributed by atoms with Gasteiger partial charge in [-0.3, -0.25) is 9.59 Å². The molecule has 7 nitrogen and oxygen atoms in total. The molecule has 0 radical (unpaired) electrons. The van der Waals surface area contributed by atoms with E-state index in [2.05, 4.69) is 13.0 Å². The minimum Gasteiger partial charge on any atom is -0.504 e. The lowest BCUT2D eigenvalue weighted by Crippen LogP contribution is -2.13. The zero-order chi connectivity index (χ0) is 31.7. The van der Waals surface area contributed by atoms with Gasteiger partial charge in [-0.2, -0.15) is 0 Å². The van der Waals surface area contributed by atoms with E-state index in [-0.39, 0.29) is 23.1 Å². The molecule has 3 aromatic carbocycles. The smallest absolute Gasteiger partial charge is 0.221 e. The van der Waals surface area contributed by atoms with Crippen molar-refractivity contribution in [1.82, 2.24) is 0 Å². The van der Waals surface area contributed by atoms with E-state index >= 15 is 0 Å². The van der Waals surface area contributed by atoms with Crippen LogP contribution in [0.15, 0.2) is 72.0 Å². The van der Waals surface area contributed by atoms with E-state index in [1.165, 1.54) is 31.9 Å². The molecular weight excluding hydrogens is 544 g/mol. The first-order valence-corrected chi connectivity index (χ1v) is 13.6. The predicted octanol–water partition coefficient (Wildman–Crippen LogP) is 7.13. The van der Waals surface area contributed by atoms with Crippen molar-refractivity contribution in [3.05, 3.63) is 111 Å². The van der Waals surface area contributed by atoms with Crippen molar-refractivity contribution in [3.63, 3.8) is 0 Å². The van der Waals surface area contributed by atoms with Gasteiger partial charge in [0, 0.05) is 17.7 Å². The number of allylic oxidation sites excluding steroid dienone is 4. The van der Waals surface area contributed by atoms with E-state index in [9.17, 15) is 14.7 Å². The van der Waals surface area contributed by atoms with Crippen LogP contribution < -0.4 is 14.2 Å². The summed E-state index contributed by atoms with van der Waals surface area (Å²) in [7, 11) is 6.20. The Morgan fingerprint density at radius 1 is 0.558 bits per heavy atom. The molecule has 0 fully saturated rings. The summed E-state index contributed by atoms with van der Waals surface area (Å²) < 4.78 is 20.6. The maximum atomic E-state index is 11.9. The van der Waals surface area contributed by atoms with Crippen LogP contribution in [0.25, 0.3) is 18.2 Å². The van der Waals surface area contributed by atoms with Gasteiger partial charge in [0.1, 0.15) is 11.5 Å². The van der Waals surface area contributed by atoms with E-state index in [0.29, 0.717) is 11.3 Å². The number of carbonyl (C=O) groups is 2. The summed E-state index contributed by atoms with van der Waals surface area (Å²) >= 11 is 0. The van der Waals surface area contributed by atoms with Gasteiger partial charge in [0.2, 0.25) is 5.78 Å². The van der Waals surface area contributed by atoms with Gasteiger partial charge < -0.3 is 24.1 Å². The van der Waals surface area contributed by atoms with Crippen LogP contribution in [0.5, 0.6) is 23.0 Å². The largest absolute Gasteiger partial charge is 0.504 e. The molecule has 4 rings (SSSR count). The maximum Gasteiger partial charge on any atom is 0.221 e. The van der Waals surface area contributed by atoms with Gasteiger partial charge in [-0.05, 0) is 90.9 Å². The van der Waals surface area contributed by atoms with E-state index in [0.717, 1.165) is 44.9 Å². The summed E-state index contributed by atoms with van der Waals surface area (Å²) in [6.45, 7) is 8.10. The summed E-state index contributed by atoms with van der Waals surface area (Å²) in [5.74, 6) is 1.80. The monoisotopic (exact) mass is 582 g/mol. The number of rotatable bonds is 8. The Balaban J connectivity index is 0.000000236. The Morgan fingerprint density at radius 2 is 1.07 bits per heavy atom. The number of aromatic hydroxyl groups is 1. The van der Waals surface area contributed by atoms with Crippen LogP contribution in [-0.2, 0) is 14.3 Å². The molecule has 0 unspecified atom stereocenters. The minimum absolute atomic E-state index is 0.0648. The highest BCUT2D eigenvalue weighted by atomic mass is 16.5. The number of carbonyl (C=O) groups excluding carboxylic acids is 2. The van der Waals surface area contributed by atoms with E-state index in [1.54, 1.807) is 38.5 Å². The molecule has 0 aromatic heterocycles. The molecular formula is C36H38O7. The van der Waals surface area contributed by atoms with Crippen LogP contribution >= 0.6 is 0 Å². The van der Waals surface area contributed by atoms with E-state index < -0.39 is 0 Å². The molecule has 0 spiro atoms. The summed E-state index contributed by atoms with van der Waals surface area (Å²) in [6, 6.07) is 13.3. The number of ketones is 2. The molecule has 7 heteroatoms. The predicted molar refractivity (Wildman–Crippen MR) is 171 cm³/mol. The molecule has 1 aliphatic rings.